The third-order valence-corrected chi connectivity index (χ3v) is 3.06. The van der Waals surface area contributed by atoms with Gasteiger partial charge in [0, 0.05) is 17.9 Å². The first-order valence-electron chi connectivity index (χ1n) is 6.07. The molecule has 1 aliphatic carbocycles. The minimum atomic E-state index is 0.0769. The van der Waals surface area contributed by atoms with Crippen LogP contribution in [0, 0.1) is 0 Å². The molecule has 0 radical (unpaired) electrons. The number of benzene rings is 1. The zero-order chi connectivity index (χ0) is 11.4. The summed E-state index contributed by atoms with van der Waals surface area (Å²) in [6.07, 6.45) is 3.72. The molecule has 1 atom stereocenters. The molecule has 86 valence electrons. The Bertz CT molecular complexity index is 371. The molecule has 1 aromatic rings. The van der Waals surface area contributed by atoms with Crippen molar-refractivity contribution < 1.29 is 9.53 Å². The van der Waals surface area contributed by atoms with Crippen molar-refractivity contribution in [1.29, 1.82) is 0 Å². The first kappa shape index (κ1) is 11.2. The van der Waals surface area contributed by atoms with Gasteiger partial charge in [-0.25, -0.2) is 0 Å². The van der Waals surface area contributed by atoms with Gasteiger partial charge in [0.25, 0.3) is 0 Å². The average molecular weight is 218 g/mol. The van der Waals surface area contributed by atoms with Gasteiger partial charge in [-0.1, -0.05) is 25.1 Å². The zero-order valence-electron chi connectivity index (χ0n) is 9.74. The molecule has 16 heavy (non-hydrogen) atoms. The Balaban J connectivity index is 2.21. The standard InChI is InChI=1S/C14H18O2/c1-2-10-16-14-9-4-3-6-12(14)11-7-5-8-13(11)15/h3-4,6,9,11H,2,5,7-8,10H2,1H3. The Morgan fingerprint density at radius 3 is 2.88 bits per heavy atom. The first-order valence-corrected chi connectivity index (χ1v) is 6.07. The van der Waals surface area contributed by atoms with Gasteiger partial charge in [0.05, 0.1) is 6.61 Å². The molecule has 1 unspecified atom stereocenters. The minimum absolute atomic E-state index is 0.0769. The van der Waals surface area contributed by atoms with Crippen LogP contribution in [0.5, 0.6) is 5.75 Å². The van der Waals surface area contributed by atoms with Crippen molar-refractivity contribution in [1.82, 2.24) is 0 Å². The summed E-state index contributed by atoms with van der Waals surface area (Å²) in [5.41, 5.74) is 1.08. The van der Waals surface area contributed by atoms with E-state index in [2.05, 4.69) is 6.92 Å². The van der Waals surface area contributed by atoms with Gasteiger partial charge >= 0.3 is 0 Å². The van der Waals surface area contributed by atoms with E-state index in [1.807, 2.05) is 24.3 Å². The molecule has 2 nitrogen and oxygen atoms in total. The number of rotatable bonds is 4. The SMILES string of the molecule is CCCOc1ccccc1C1CCCC1=O. The molecule has 0 aliphatic heterocycles. The first-order chi connectivity index (χ1) is 7.83. The molecule has 0 amide bonds. The number of para-hydroxylation sites is 1. The van der Waals surface area contributed by atoms with Crippen LogP contribution in [-0.4, -0.2) is 12.4 Å². The topological polar surface area (TPSA) is 26.3 Å². The van der Waals surface area contributed by atoms with Crippen LogP contribution in [0.1, 0.15) is 44.1 Å². The Labute approximate surface area is 96.6 Å². The van der Waals surface area contributed by atoms with Gasteiger partial charge in [-0.2, -0.15) is 0 Å². The van der Waals surface area contributed by atoms with Crippen LogP contribution >= 0.6 is 0 Å². The lowest BCUT2D eigenvalue weighted by atomic mass is 9.96. The van der Waals surface area contributed by atoms with E-state index in [4.69, 9.17) is 4.74 Å². The molecule has 2 rings (SSSR count). The zero-order valence-corrected chi connectivity index (χ0v) is 9.74. The van der Waals surface area contributed by atoms with Gasteiger partial charge < -0.3 is 4.74 Å². The Morgan fingerprint density at radius 1 is 1.38 bits per heavy atom. The van der Waals surface area contributed by atoms with Crippen LogP contribution in [0.25, 0.3) is 0 Å². The van der Waals surface area contributed by atoms with E-state index in [-0.39, 0.29) is 5.92 Å². The summed E-state index contributed by atoms with van der Waals surface area (Å²) in [6.45, 7) is 2.81. The van der Waals surface area contributed by atoms with Gasteiger partial charge in [-0.15, -0.1) is 0 Å². The van der Waals surface area contributed by atoms with E-state index in [0.717, 1.165) is 43.6 Å². The second-order valence-electron chi connectivity index (χ2n) is 4.30. The van der Waals surface area contributed by atoms with Gasteiger partial charge in [0.1, 0.15) is 11.5 Å². The van der Waals surface area contributed by atoms with Gasteiger partial charge in [0.15, 0.2) is 0 Å². The van der Waals surface area contributed by atoms with Gasteiger partial charge in [-0.05, 0) is 25.3 Å². The second-order valence-corrected chi connectivity index (χ2v) is 4.30. The highest BCUT2D eigenvalue weighted by molar-refractivity contribution is 5.88. The van der Waals surface area contributed by atoms with Crippen molar-refractivity contribution in [2.24, 2.45) is 0 Å². The molecule has 0 N–H and O–H groups in total. The summed E-state index contributed by atoms with van der Waals surface area (Å²) < 4.78 is 5.69. The van der Waals surface area contributed by atoms with Crippen molar-refractivity contribution in [2.45, 2.75) is 38.5 Å². The van der Waals surface area contributed by atoms with E-state index in [9.17, 15) is 4.79 Å². The molecule has 1 fully saturated rings. The molecule has 2 heteroatoms. The summed E-state index contributed by atoms with van der Waals surface area (Å²) in [7, 11) is 0. The number of Topliss-reactive ketones (excluding diaryl/α,β-unsaturated/α-hetero) is 1. The van der Waals surface area contributed by atoms with Gasteiger partial charge in [-0.3, -0.25) is 4.79 Å². The third-order valence-electron chi connectivity index (χ3n) is 3.06. The highest BCUT2D eigenvalue weighted by Crippen LogP contribution is 2.36. The predicted octanol–water partition coefficient (Wildman–Crippen LogP) is 3.31. The fourth-order valence-electron chi connectivity index (χ4n) is 2.26. The second kappa shape index (κ2) is 5.15. The molecule has 0 heterocycles. The molecular weight excluding hydrogens is 200 g/mol. The number of ether oxygens (including phenoxy) is 1. The predicted molar refractivity (Wildman–Crippen MR) is 63.8 cm³/mol. The summed E-state index contributed by atoms with van der Waals surface area (Å²) in [4.78, 5) is 11.7. The van der Waals surface area contributed by atoms with E-state index >= 15 is 0 Å². The summed E-state index contributed by atoms with van der Waals surface area (Å²) in [5.74, 6) is 1.34. The lowest BCUT2D eigenvalue weighted by molar-refractivity contribution is -0.118. The van der Waals surface area contributed by atoms with Gasteiger partial charge in [0.2, 0.25) is 0 Å². The number of ketones is 1. The molecule has 1 aliphatic rings. The lowest BCUT2D eigenvalue weighted by Gasteiger charge is -2.14. The smallest absolute Gasteiger partial charge is 0.140 e. The monoisotopic (exact) mass is 218 g/mol. The van der Waals surface area contributed by atoms with E-state index in [1.165, 1.54) is 0 Å². The summed E-state index contributed by atoms with van der Waals surface area (Å²) in [5, 5.41) is 0. The molecule has 1 aromatic carbocycles. The largest absolute Gasteiger partial charge is 0.493 e. The Hall–Kier alpha value is -1.31. The van der Waals surface area contributed by atoms with Crippen molar-refractivity contribution in [3.8, 4) is 5.75 Å². The van der Waals surface area contributed by atoms with Crippen molar-refractivity contribution >= 4 is 5.78 Å². The van der Waals surface area contributed by atoms with Crippen molar-refractivity contribution in [3.63, 3.8) is 0 Å². The lowest BCUT2D eigenvalue weighted by Crippen LogP contribution is -2.07. The van der Waals surface area contributed by atoms with E-state index < -0.39 is 0 Å². The number of hydrogen-bond acceptors (Lipinski definition) is 2. The maximum absolute atomic E-state index is 11.7. The van der Waals surface area contributed by atoms with Crippen LogP contribution in [0.3, 0.4) is 0 Å². The van der Waals surface area contributed by atoms with E-state index in [0.29, 0.717) is 5.78 Å². The minimum Gasteiger partial charge on any atom is -0.493 e. The normalized spacial score (nSPS) is 20.1. The molecule has 1 saturated carbocycles. The molecule has 0 bridgehead atoms. The Kier molecular flexibility index (Phi) is 3.60. The fourth-order valence-corrected chi connectivity index (χ4v) is 2.26. The number of hydrogen-bond donors (Lipinski definition) is 0. The number of carbonyl (C=O) groups is 1. The van der Waals surface area contributed by atoms with E-state index in [1.54, 1.807) is 0 Å². The molecular formula is C14H18O2. The Morgan fingerprint density at radius 2 is 2.19 bits per heavy atom. The quantitative estimate of drug-likeness (QED) is 0.775. The van der Waals surface area contributed by atoms with Crippen LogP contribution in [0.15, 0.2) is 24.3 Å². The fraction of sp³-hybridized carbons (Fsp3) is 0.500. The highest BCUT2D eigenvalue weighted by atomic mass is 16.5. The van der Waals surface area contributed by atoms with Crippen LogP contribution in [-0.2, 0) is 4.79 Å². The number of carbonyl (C=O) groups excluding carboxylic acids is 1. The molecule has 0 aromatic heterocycles. The van der Waals surface area contributed by atoms with Crippen molar-refractivity contribution in [2.75, 3.05) is 6.61 Å². The van der Waals surface area contributed by atoms with Crippen LogP contribution in [0.4, 0.5) is 0 Å². The van der Waals surface area contributed by atoms with Crippen LogP contribution < -0.4 is 4.74 Å². The average Bonchev–Trinajstić information content (AvgIpc) is 2.73. The van der Waals surface area contributed by atoms with Crippen LogP contribution in [0.2, 0.25) is 0 Å². The maximum atomic E-state index is 11.7. The van der Waals surface area contributed by atoms with Crippen molar-refractivity contribution in [3.05, 3.63) is 29.8 Å². The maximum Gasteiger partial charge on any atom is 0.140 e. The third kappa shape index (κ3) is 2.26. The highest BCUT2D eigenvalue weighted by Gasteiger charge is 2.28. The molecule has 0 spiro atoms. The summed E-state index contributed by atoms with van der Waals surface area (Å²) >= 11 is 0. The summed E-state index contributed by atoms with van der Waals surface area (Å²) in [6, 6.07) is 7.95. The molecule has 0 saturated heterocycles.